The molecule has 130 valence electrons. The first-order valence-corrected chi connectivity index (χ1v) is 8.40. The first kappa shape index (κ1) is 16.2. The molecule has 0 aliphatic carbocycles. The third-order valence-electron chi connectivity index (χ3n) is 4.92. The Bertz CT molecular complexity index is 898. The van der Waals surface area contributed by atoms with Gasteiger partial charge < -0.3 is 14.8 Å². The topological polar surface area (TPSA) is 47.6 Å². The molecule has 0 fully saturated rings. The van der Waals surface area contributed by atoms with E-state index >= 15 is 0 Å². The van der Waals surface area contributed by atoms with Crippen LogP contribution in [0.2, 0.25) is 0 Å². The molecule has 0 saturated carbocycles. The summed E-state index contributed by atoms with van der Waals surface area (Å²) < 4.78 is 10.6. The van der Waals surface area contributed by atoms with Gasteiger partial charge >= 0.3 is 0 Å². The molecule has 3 aromatic rings. The minimum atomic E-state index is -0.744. The standard InChI is InChI=1S/C22H19NO3/c1-25-17-11-7-15(8-12-17)22(16-9-13-18(26-2)14-10-16)20-6-4-3-5-19(20)21(24)23-22/h3-14H,1-2H3,(H,23,24). The van der Waals surface area contributed by atoms with Crippen LogP contribution in [-0.2, 0) is 5.54 Å². The second-order valence-electron chi connectivity index (χ2n) is 6.21. The second kappa shape index (κ2) is 6.23. The third-order valence-corrected chi connectivity index (χ3v) is 4.92. The van der Waals surface area contributed by atoms with E-state index in [4.69, 9.17) is 9.47 Å². The Labute approximate surface area is 152 Å². The summed E-state index contributed by atoms with van der Waals surface area (Å²) in [5.74, 6) is 1.47. The highest BCUT2D eigenvalue weighted by molar-refractivity contribution is 6.01. The van der Waals surface area contributed by atoms with Crippen LogP contribution in [-0.4, -0.2) is 20.1 Å². The van der Waals surface area contributed by atoms with Gasteiger partial charge in [0.25, 0.3) is 5.91 Å². The molecule has 1 heterocycles. The minimum Gasteiger partial charge on any atom is -0.497 e. The van der Waals surface area contributed by atoms with E-state index in [-0.39, 0.29) is 5.91 Å². The number of carbonyl (C=O) groups excluding carboxylic acids is 1. The van der Waals surface area contributed by atoms with Crippen LogP contribution in [0.25, 0.3) is 0 Å². The Morgan fingerprint density at radius 3 is 1.73 bits per heavy atom. The monoisotopic (exact) mass is 345 g/mol. The fourth-order valence-electron chi connectivity index (χ4n) is 3.62. The van der Waals surface area contributed by atoms with E-state index in [1.54, 1.807) is 14.2 Å². The van der Waals surface area contributed by atoms with Crippen LogP contribution in [0.5, 0.6) is 11.5 Å². The number of methoxy groups -OCH3 is 2. The molecule has 1 aliphatic heterocycles. The van der Waals surface area contributed by atoms with Crippen molar-refractivity contribution in [3.8, 4) is 11.5 Å². The van der Waals surface area contributed by atoms with E-state index in [1.807, 2.05) is 72.8 Å². The maximum absolute atomic E-state index is 12.7. The Morgan fingerprint density at radius 2 is 1.23 bits per heavy atom. The van der Waals surface area contributed by atoms with Crippen LogP contribution in [0.4, 0.5) is 0 Å². The molecule has 0 radical (unpaired) electrons. The van der Waals surface area contributed by atoms with Crippen LogP contribution in [0.3, 0.4) is 0 Å². The Kier molecular flexibility index (Phi) is 3.88. The van der Waals surface area contributed by atoms with E-state index < -0.39 is 5.54 Å². The highest BCUT2D eigenvalue weighted by Crippen LogP contribution is 2.43. The van der Waals surface area contributed by atoms with E-state index in [2.05, 4.69) is 5.32 Å². The molecule has 26 heavy (non-hydrogen) atoms. The lowest BCUT2D eigenvalue weighted by atomic mass is 9.78. The van der Waals surface area contributed by atoms with Crippen LogP contribution in [0.1, 0.15) is 27.0 Å². The van der Waals surface area contributed by atoms with Gasteiger partial charge in [0.15, 0.2) is 0 Å². The number of fused-ring (bicyclic) bond motifs is 1. The van der Waals surface area contributed by atoms with Gasteiger partial charge in [-0.15, -0.1) is 0 Å². The van der Waals surface area contributed by atoms with Crippen molar-refractivity contribution >= 4 is 5.91 Å². The van der Waals surface area contributed by atoms with Gasteiger partial charge in [-0.1, -0.05) is 42.5 Å². The number of ether oxygens (including phenoxy) is 2. The fraction of sp³-hybridized carbons (Fsp3) is 0.136. The summed E-state index contributed by atoms with van der Waals surface area (Å²) in [4.78, 5) is 12.7. The Balaban J connectivity index is 1.96. The Morgan fingerprint density at radius 1 is 0.731 bits per heavy atom. The van der Waals surface area contributed by atoms with Gasteiger partial charge in [0, 0.05) is 5.56 Å². The molecular weight excluding hydrogens is 326 g/mol. The second-order valence-corrected chi connectivity index (χ2v) is 6.21. The van der Waals surface area contributed by atoms with E-state index in [9.17, 15) is 4.79 Å². The zero-order valence-electron chi connectivity index (χ0n) is 14.7. The third kappa shape index (κ3) is 2.34. The molecule has 0 bridgehead atoms. The predicted octanol–water partition coefficient (Wildman–Crippen LogP) is 3.74. The smallest absolute Gasteiger partial charge is 0.252 e. The highest BCUT2D eigenvalue weighted by Gasteiger charge is 2.45. The van der Waals surface area contributed by atoms with Crippen LogP contribution >= 0.6 is 0 Å². The summed E-state index contributed by atoms with van der Waals surface area (Å²) in [6, 6.07) is 23.3. The van der Waals surface area contributed by atoms with Gasteiger partial charge in [-0.05, 0) is 47.0 Å². The largest absolute Gasteiger partial charge is 0.497 e. The summed E-state index contributed by atoms with van der Waals surface area (Å²) in [5, 5.41) is 3.22. The maximum Gasteiger partial charge on any atom is 0.252 e. The number of nitrogens with one attached hydrogen (secondary N) is 1. The van der Waals surface area contributed by atoms with Crippen molar-refractivity contribution in [2.24, 2.45) is 0 Å². The lowest BCUT2D eigenvalue weighted by Crippen LogP contribution is -2.41. The van der Waals surface area contributed by atoms with Crippen LogP contribution in [0.15, 0.2) is 72.8 Å². The maximum atomic E-state index is 12.7. The molecule has 1 amide bonds. The van der Waals surface area contributed by atoms with Gasteiger partial charge in [-0.25, -0.2) is 0 Å². The Hall–Kier alpha value is -3.27. The van der Waals surface area contributed by atoms with Gasteiger partial charge in [0.1, 0.15) is 17.0 Å². The minimum absolute atomic E-state index is 0.0766. The summed E-state index contributed by atoms with van der Waals surface area (Å²) in [7, 11) is 3.28. The zero-order chi connectivity index (χ0) is 18.1. The molecule has 4 heteroatoms. The van der Waals surface area contributed by atoms with Crippen molar-refractivity contribution < 1.29 is 14.3 Å². The SMILES string of the molecule is COc1ccc(C2(c3ccc(OC)cc3)NC(=O)c3ccccc32)cc1. The fourth-order valence-corrected chi connectivity index (χ4v) is 3.62. The molecule has 4 rings (SSSR count). The molecule has 4 nitrogen and oxygen atoms in total. The van der Waals surface area contributed by atoms with Crippen molar-refractivity contribution in [1.29, 1.82) is 0 Å². The summed E-state index contributed by atoms with van der Waals surface area (Å²) in [6.45, 7) is 0. The number of rotatable bonds is 4. The molecule has 0 unspecified atom stereocenters. The summed E-state index contributed by atoms with van der Waals surface area (Å²) in [5.41, 5.74) is 2.84. The van der Waals surface area contributed by atoms with Crippen LogP contribution in [0, 0.1) is 0 Å². The first-order valence-electron chi connectivity index (χ1n) is 8.40. The summed E-state index contributed by atoms with van der Waals surface area (Å²) >= 11 is 0. The number of hydrogen-bond acceptors (Lipinski definition) is 3. The highest BCUT2D eigenvalue weighted by atomic mass is 16.5. The molecule has 0 spiro atoms. The number of carbonyl (C=O) groups is 1. The predicted molar refractivity (Wildman–Crippen MR) is 99.8 cm³/mol. The normalized spacial score (nSPS) is 14.5. The van der Waals surface area contributed by atoms with Gasteiger partial charge in [-0.3, -0.25) is 4.79 Å². The molecule has 1 N–H and O–H groups in total. The van der Waals surface area contributed by atoms with Crippen molar-refractivity contribution in [3.63, 3.8) is 0 Å². The van der Waals surface area contributed by atoms with Crippen molar-refractivity contribution in [1.82, 2.24) is 5.32 Å². The molecule has 0 aromatic heterocycles. The van der Waals surface area contributed by atoms with Gasteiger partial charge in [-0.2, -0.15) is 0 Å². The first-order chi connectivity index (χ1) is 12.7. The molecule has 3 aromatic carbocycles. The van der Waals surface area contributed by atoms with Crippen molar-refractivity contribution in [2.75, 3.05) is 14.2 Å². The van der Waals surface area contributed by atoms with E-state index in [1.165, 1.54) is 0 Å². The molecule has 0 atom stereocenters. The lowest BCUT2D eigenvalue weighted by molar-refractivity contribution is 0.0948. The van der Waals surface area contributed by atoms with Crippen molar-refractivity contribution in [3.05, 3.63) is 95.1 Å². The average molecular weight is 345 g/mol. The van der Waals surface area contributed by atoms with E-state index in [0.29, 0.717) is 5.56 Å². The molecule has 1 aliphatic rings. The molecule has 0 saturated heterocycles. The lowest BCUT2D eigenvalue weighted by Gasteiger charge is -2.32. The van der Waals surface area contributed by atoms with Crippen LogP contribution < -0.4 is 14.8 Å². The molecular formula is C22H19NO3. The zero-order valence-corrected chi connectivity index (χ0v) is 14.7. The van der Waals surface area contributed by atoms with E-state index in [0.717, 1.165) is 28.2 Å². The van der Waals surface area contributed by atoms with Gasteiger partial charge in [0.05, 0.1) is 14.2 Å². The van der Waals surface area contributed by atoms with Crippen molar-refractivity contribution in [2.45, 2.75) is 5.54 Å². The summed E-state index contributed by atoms with van der Waals surface area (Å²) in [6.07, 6.45) is 0. The average Bonchev–Trinajstić information content (AvgIpc) is 3.02. The number of hydrogen-bond donors (Lipinski definition) is 1. The quantitative estimate of drug-likeness (QED) is 0.784. The number of benzene rings is 3. The van der Waals surface area contributed by atoms with Gasteiger partial charge in [0.2, 0.25) is 0 Å². The number of amides is 1.